The van der Waals surface area contributed by atoms with Crippen molar-refractivity contribution in [2.75, 3.05) is 0 Å². The van der Waals surface area contributed by atoms with Crippen molar-refractivity contribution >= 4 is 23.2 Å². The lowest BCUT2D eigenvalue weighted by Gasteiger charge is -2.03. The van der Waals surface area contributed by atoms with Crippen LogP contribution in [0, 0.1) is 0 Å². The molecule has 6 heteroatoms. The second-order valence-corrected chi connectivity index (χ2v) is 6.19. The standard InChI is InChI=1S/C19H13Cl2N4/c20-16-12-7-13-17(21)18(16)25-23-19(14-8-3-1-4-9-14)22-24(25)15-10-5-2-6-11-15/h1-13H/q+1. The van der Waals surface area contributed by atoms with Crippen LogP contribution in [0.4, 0.5) is 0 Å². The fourth-order valence-corrected chi connectivity index (χ4v) is 3.09. The SMILES string of the molecule is Clc1cccc(Cl)c1-[n+]1nc(-c2ccccc2)nn1-c1ccccc1. The number of rotatable bonds is 3. The first-order valence-electron chi connectivity index (χ1n) is 7.69. The van der Waals surface area contributed by atoms with Gasteiger partial charge < -0.3 is 0 Å². The van der Waals surface area contributed by atoms with Gasteiger partial charge in [0.2, 0.25) is 5.69 Å². The van der Waals surface area contributed by atoms with E-state index in [0.717, 1.165) is 11.3 Å². The summed E-state index contributed by atoms with van der Waals surface area (Å²) >= 11 is 12.8. The second-order valence-electron chi connectivity index (χ2n) is 5.37. The maximum Gasteiger partial charge on any atom is 0.340 e. The lowest BCUT2D eigenvalue weighted by molar-refractivity contribution is -0.734. The molecule has 122 valence electrons. The summed E-state index contributed by atoms with van der Waals surface area (Å²) in [5, 5.41) is 10.3. The van der Waals surface area contributed by atoms with Crippen LogP contribution in [0.3, 0.4) is 0 Å². The highest BCUT2D eigenvalue weighted by Crippen LogP contribution is 2.25. The zero-order valence-corrected chi connectivity index (χ0v) is 14.6. The van der Waals surface area contributed by atoms with E-state index in [1.165, 1.54) is 0 Å². The fourth-order valence-electron chi connectivity index (χ4n) is 2.54. The van der Waals surface area contributed by atoms with Gasteiger partial charge >= 0.3 is 5.82 Å². The Balaban J connectivity index is 1.98. The third kappa shape index (κ3) is 3.02. The van der Waals surface area contributed by atoms with E-state index in [0.29, 0.717) is 21.6 Å². The fraction of sp³-hybridized carbons (Fsp3) is 0. The molecule has 25 heavy (non-hydrogen) atoms. The average Bonchev–Trinajstić information content (AvgIpc) is 3.08. The third-order valence-corrected chi connectivity index (χ3v) is 4.32. The molecule has 0 saturated carbocycles. The molecule has 1 aromatic heterocycles. The summed E-state index contributed by atoms with van der Waals surface area (Å²) in [5.74, 6) is 0.584. The van der Waals surface area contributed by atoms with Crippen molar-refractivity contribution in [3.63, 3.8) is 0 Å². The normalized spacial score (nSPS) is 10.8. The van der Waals surface area contributed by atoms with Crippen molar-refractivity contribution in [3.05, 3.63) is 88.9 Å². The molecule has 0 N–H and O–H groups in total. The van der Waals surface area contributed by atoms with E-state index in [1.54, 1.807) is 27.8 Å². The predicted molar refractivity (Wildman–Crippen MR) is 98.3 cm³/mol. The minimum atomic E-state index is 0.502. The number of halogens is 2. The van der Waals surface area contributed by atoms with Crippen LogP contribution in [-0.2, 0) is 0 Å². The van der Waals surface area contributed by atoms with Gasteiger partial charge in [0.15, 0.2) is 0 Å². The monoisotopic (exact) mass is 367 g/mol. The number of tetrazole rings is 1. The molecule has 0 aliphatic heterocycles. The number of hydrogen-bond acceptors (Lipinski definition) is 2. The van der Waals surface area contributed by atoms with E-state index in [2.05, 4.69) is 10.2 Å². The quantitative estimate of drug-likeness (QED) is 0.499. The first-order valence-corrected chi connectivity index (χ1v) is 8.44. The molecule has 0 fully saturated rings. The van der Waals surface area contributed by atoms with Gasteiger partial charge in [0.1, 0.15) is 5.69 Å². The molecule has 3 aromatic carbocycles. The Kier molecular flexibility index (Phi) is 4.22. The number of hydrogen-bond donors (Lipinski definition) is 0. The molecular weight excluding hydrogens is 355 g/mol. The van der Waals surface area contributed by atoms with Crippen molar-refractivity contribution < 1.29 is 4.80 Å². The molecule has 0 aliphatic carbocycles. The zero-order chi connectivity index (χ0) is 17.2. The molecule has 1 heterocycles. The third-order valence-electron chi connectivity index (χ3n) is 3.71. The Bertz CT molecular complexity index is 994. The van der Waals surface area contributed by atoms with E-state index in [9.17, 15) is 0 Å². The zero-order valence-electron chi connectivity index (χ0n) is 13.1. The minimum Gasteiger partial charge on any atom is -0.0794 e. The summed E-state index contributed by atoms with van der Waals surface area (Å²) < 4.78 is 0. The Morgan fingerprint density at radius 3 is 1.96 bits per heavy atom. The van der Waals surface area contributed by atoms with Gasteiger partial charge in [0.05, 0.1) is 20.7 Å². The molecule has 0 saturated heterocycles. The Morgan fingerprint density at radius 1 is 0.720 bits per heavy atom. The second kappa shape index (κ2) is 6.67. The van der Waals surface area contributed by atoms with Crippen molar-refractivity contribution in [2.45, 2.75) is 0 Å². The van der Waals surface area contributed by atoms with Crippen LogP contribution in [0.5, 0.6) is 0 Å². The number of nitrogens with zero attached hydrogens (tertiary/aromatic N) is 4. The molecule has 4 nitrogen and oxygen atoms in total. The van der Waals surface area contributed by atoms with Crippen LogP contribution in [0.2, 0.25) is 10.0 Å². The maximum absolute atomic E-state index is 6.39. The van der Waals surface area contributed by atoms with Crippen LogP contribution in [0.1, 0.15) is 0 Å². The first kappa shape index (κ1) is 15.8. The Hall–Kier alpha value is -2.69. The molecule has 0 radical (unpaired) electrons. The average molecular weight is 368 g/mol. The molecule has 0 spiro atoms. The van der Waals surface area contributed by atoms with Gasteiger partial charge in [-0.05, 0) is 46.3 Å². The Morgan fingerprint density at radius 2 is 1.32 bits per heavy atom. The summed E-state index contributed by atoms with van der Waals surface area (Å²) in [4.78, 5) is 3.32. The molecule has 0 atom stereocenters. The van der Waals surface area contributed by atoms with Gasteiger partial charge in [-0.15, -0.1) is 0 Å². The molecule has 0 unspecified atom stereocenters. The summed E-state index contributed by atoms with van der Waals surface area (Å²) in [5.41, 5.74) is 2.35. The highest BCUT2D eigenvalue weighted by molar-refractivity contribution is 6.37. The van der Waals surface area contributed by atoms with Crippen LogP contribution in [-0.4, -0.2) is 15.0 Å². The van der Waals surface area contributed by atoms with Gasteiger partial charge in [-0.3, -0.25) is 0 Å². The minimum absolute atomic E-state index is 0.502. The van der Waals surface area contributed by atoms with Gasteiger partial charge in [-0.1, -0.05) is 65.7 Å². The van der Waals surface area contributed by atoms with Crippen molar-refractivity contribution in [1.29, 1.82) is 0 Å². The summed E-state index contributed by atoms with van der Waals surface area (Å²) in [6.45, 7) is 0. The summed E-state index contributed by atoms with van der Waals surface area (Å²) in [6.07, 6.45) is 0. The molecule has 0 amide bonds. The highest BCUT2D eigenvalue weighted by Gasteiger charge is 2.26. The van der Waals surface area contributed by atoms with Crippen molar-refractivity contribution in [2.24, 2.45) is 0 Å². The number of para-hydroxylation sites is 2. The van der Waals surface area contributed by atoms with Gasteiger partial charge in [-0.2, -0.15) is 0 Å². The van der Waals surface area contributed by atoms with Crippen molar-refractivity contribution in [1.82, 2.24) is 15.0 Å². The molecule has 0 aliphatic rings. The van der Waals surface area contributed by atoms with Gasteiger partial charge in [0.25, 0.3) is 0 Å². The highest BCUT2D eigenvalue weighted by atomic mass is 35.5. The lowest BCUT2D eigenvalue weighted by atomic mass is 10.2. The van der Waals surface area contributed by atoms with Crippen LogP contribution >= 0.6 is 23.2 Å². The van der Waals surface area contributed by atoms with E-state index in [4.69, 9.17) is 23.2 Å². The van der Waals surface area contributed by atoms with E-state index >= 15 is 0 Å². The largest absolute Gasteiger partial charge is 0.340 e. The van der Waals surface area contributed by atoms with E-state index in [1.807, 2.05) is 60.7 Å². The van der Waals surface area contributed by atoms with E-state index in [-0.39, 0.29) is 0 Å². The van der Waals surface area contributed by atoms with Crippen LogP contribution in [0.25, 0.3) is 22.8 Å². The van der Waals surface area contributed by atoms with E-state index < -0.39 is 0 Å². The lowest BCUT2D eigenvalue weighted by Crippen LogP contribution is -2.43. The Labute approximate surface area is 154 Å². The summed E-state index contributed by atoms with van der Waals surface area (Å²) in [6, 6.07) is 24.9. The molecular formula is C19H13Cl2N4+. The number of aromatic nitrogens is 4. The summed E-state index contributed by atoms with van der Waals surface area (Å²) in [7, 11) is 0. The maximum atomic E-state index is 6.39. The number of benzene rings is 3. The van der Waals surface area contributed by atoms with Crippen LogP contribution in [0.15, 0.2) is 78.9 Å². The smallest absolute Gasteiger partial charge is 0.0794 e. The van der Waals surface area contributed by atoms with Gasteiger partial charge in [0, 0.05) is 4.80 Å². The topological polar surface area (TPSA) is 34.6 Å². The van der Waals surface area contributed by atoms with Crippen LogP contribution < -0.4 is 4.80 Å². The van der Waals surface area contributed by atoms with Crippen molar-refractivity contribution in [3.8, 4) is 22.8 Å². The predicted octanol–water partition coefficient (Wildman–Crippen LogP) is 4.52. The van der Waals surface area contributed by atoms with Gasteiger partial charge in [-0.25, -0.2) is 0 Å². The molecule has 4 rings (SSSR count). The molecule has 0 bridgehead atoms. The first-order chi connectivity index (χ1) is 12.2. The molecule has 4 aromatic rings.